The van der Waals surface area contributed by atoms with Gasteiger partial charge in [0, 0.05) is 23.5 Å². The summed E-state index contributed by atoms with van der Waals surface area (Å²) in [6.45, 7) is 3.00. The van der Waals surface area contributed by atoms with Crippen molar-refractivity contribution in [2.75, 3.05) is 19.7 Å². The normalized spacial score (nSPS) is 18.1. The predicted octanol–water partition coefficient (Wildman–Crippen LogP) is 3.42. The van der Waals surface area contributed by atoms with E-state index in [1.54, 1.807) is 24.0 Å². The Kier molecular flexibility index (Phi) is 6.38. The minimum atomic E-state index is -2.48. The Hall–Kier alpha value is -1.63. The molecule has 1 aromatic rings. The molecule has 7 heteroatoms. The molecule has 0 spiro atoms. The zero-order valence-electron chi connectivity index (χ0n) is 12.8. The minimum Gasteiger partial charge on any atom is -0.466 e. The third-order valence-electron chi connectivity index (χ3n) is 3.65. The van der Waals surface area contributed by atoms with Gasteiger partial charge < -0.3 is 9.64 Å². The first-order valence-electron chi connectivity index (χ1n) is 7.52. The number of likely N-dealkylation sites (tertiary alicyclic amines) is 1. The van der Waals surface area contributed by atoms with Crippen molar-refractivity contribution >= 4 is 23.6 Å². The van der Waals surface area contributed by atoms with Crippen molar-refractivity contribution in [1.29, 1.82) is 0 Å². The fourth-order valence-corrected chi connectivity index (χ4v) is 3.07. The van der Waals surface area contributed by atoms with E-state index in [1.807, 2.05) is 0 Å². The van der Waals surface area contributed by atoms with Gasteiger partial charge in [0.15, 0.2) is 0 Å². The SMILES string of the molecule is CCOC(=O)C1CCCN(C(=O)c2ccc(SC(F)F)cc2)C1. The van der Waals surface area contributed by atoms with E-state index in [2.05, 4.69) is 0 Å². The first kappa shape index (κ1) is 17.7. The van der Waals surface area contributed by atoms with E-state index < -0.39 is 5.76 Å². The van der Waals surface area contributed by atoms with E-state index in [0.29, 0.717) is 48.3 Å². The van der Waals surface area contributed by atoms with Crippen molar-refractivity contribution < 1.29 is 23.1 Å². The van der Waals surface area contributed by atoms with Gasteiger partial charge in [-0.1, -0.05) is 11.8 Å². The number of ether oxygens (including phenoxy) is 1. The van der Waals surface area contributed by atoms with E-state index in [4.69, 9.17) is 4.74 Å². The molecule has 1 amide bonds. The first-order valence-corrected chi connectivity index (χ1v) is 8.40. The van der Waals surface area contributed by atoms with Crippen molar-refractivity contribution in [2.24, 2.45) is 5.92 Å². The van der Waals surface area contributed by atoms with Crippen molar-refractivity contribution in [1.82, 2.24) is 4.90 Å². The molecule has 23 heavy (non-hydrogen) atoms. The second kappa shape index (κ2) is 8.29. The lowest BCUT2D eigenvalue weighted by atomic mass is 9.97. The van der Waals surface area contributed by atoms with Gasteiger partial charge in [-0.05, 0) is 44.0 Å². The van der Waals surface area contributed by atoms with Gasteiger partial charge in [-0.2, -0.15) is 8.78 Å². The predicted molar refractivity (Wildman–Crippen MR) is 83.6 cm³/mol. The van der Waals surface area contributed by atoms with Crippen LogP contribution in [-0.4, -0.2) is 42.2 Å². The zero-order valence-corrected chi connectivity index (χ0v) is 13.7. The summed E-state index contributed by atoms with van der Waals surface area (Å²) in [6.07, 6.45) is 1.46. The summed E-state index contributed by atoms with van der Waals surface area (Å²) in [5, 5.41) is 0. The van der Waals surface area contributed by atoms with Gasteiger partial charge in [0.25, 0.3) is 11.7 Å². The molecule has 1 saturated heterocycles. The van der Waals surface area contributed by atoms with Crippen LogP contribution < -0.4 is 0 Å². The number of carbonyl (C=O) groups excluding carboxylic acids is 2. The fraction of sp³-hybridized carbons (Fsp3) is 0.500. The highest BCUT2D eigenvalue weighted by molar-refractivity contribution is 7.99. The average Bonchev–Trinajstić information content (AvgIpc) is 2.55. The van der Waals surface area contributed by atoms with Crippen molar-refractivity contribution in [2.45, 2.75) is 30.4 Å². The lowest BCUT2D eigenvalue weighted by Gasteiger charge is -2.31. The van der Waals surface area contributed by atoms with E-state index >= 15 is 0 Å². The number of rotatable bonds is 5. The van der Waals surface area contributed by atoms with Gasteiger partial charge >= 0.3 is 5.97 Å². The lowest BCUT2D eigenvalue weighted by Crippen LogP contribution is -2.42. The number of nitrogens with zero attached hydrogens (tertiary/aromatic N) is 1. The van der Waals surface area contributed by atoms with Crippen LogP contribution in [0, 0.1) is 5.92 Å². The van der Waals surface area contributed by atoms with E-state index in [9.17, 15) is 18.4 Å². The number of benzene rings is 1. The summed E-state index contributed by atoms with van der Waals surface area (Å²) in [5.74, 6) is -3.23. The summed E-state index contributed by atoms with van der Waals surface area (Å²) in [7, 11) is 0. The summed E-state index contributed by atoms with van der Waals surface area (Å²) < 4.78 is 29.6. The number of amides is 1. The van der Waals surface area contributed by atoms with Gasteiger partial charge in [0.05, 0.1) is 12.5 Å². The monoisotopic (exact) mass is 343 g/mol. The molecule has 126 valence electrons. The Balaban J connectivity index is 2.00. The molecule has 0 saturated carbocycles. The van der Waals surface area contributed by atoms with Crippen LogP contribution >= 0.6 is 11.8 Å². The van der Waals surface area contributed by atoms with Crippen LogP contribution in [0.3, 0.4) is 0 Å². The molecule has 0 aliphatic carbocycles. The highest BCUT2D eigenvalue weighted by Gasteiger charge is 2.29. The van der Waals surface area contributed by atoms with Crippen LogP contribution in [0.2, 0.25) is 0 Å². The Morgan fingerprint density at radius 2 is 2.04 bits per heavy atom. The maximum atomic E-state index is 12.5. The number of alkyl halides is 2. The zero-order chi connectivity index (χ0) is 16.8. The number of piperidine rings is 1. The Bertz CT molecular complexity index is 551. The van der Waals surface area contributed by atoms with Crippen LogP contribution in [0.25, 0.3) is 0 Å². The Morgan fingerprint density at radius 3 is 2.65 bits per heavy atom. The molecule has 1 fully saturated rings. The number of halogens is 2. The number of hydrogen-bond acceptors (Lipinski definition) is 4. The molecule has 0 bridgehead atoms. The standard InChI is InChI=1S/C16H19F2NO3S/c1-2-22-15(21)12-4-3-9-19(10-12)14(20)11-5-7-13(8-6-11)23-16(17)18/h5-8,12,16H,2-4,9-10H2,1H3. The second-order valence-corrected chi connectivity index (χ2v) is 6.31. The lowest BCUT2D eigenvalue weighted by molar-refractivity contribution is -0.149. The molecule has 1 atom stereocenters. The maximum absolute atomic E-state index is 12.5. The molecule has 2 rings (SSSR count). The maximum Gasteiger partial charge on any atom is 0.310 e. The third-order valence-corrected chi connectivity index (χ3v) is 4.38. The smallest absolute Gasteiger partial charge is 0.310 e. The molecule has 0 radical (unpaired) electrons. The molecular formula is C16H19F2NO3S. The van der Waals surface area contributed by atoms with E-state index in [0.717, 1.165) is 6.42 Å². The van der Waals surface area contributed by atoms with Gasteiger partial charge in [-0.3, -0.25) is 9.59 Å². The molecular weight excluding hydrogens is 324 g/mol. The first-order chi connectivity index (χ1) is 11.0. The van der Waals surface area contributed by atoms with Crippen molar-refractivity contribution in [3.8, 4) is 0 Å². The van der Waals surface area contributed by atoms with E-state index in [1.165, 1.54) is 12.1 Å². The molecule has 1 aliphatic rings. The Labute approximate surface area is 138 Å². The highest BCUT2D eigenvalue weighted by atomic mass is 32.2. The van der Waals surface area contributed by atoms with Crippen molar-refractivity contribution in [3.63, 3.8) is 0 Å². The summed E-state index contributed by atoms with van der Waals surface area (Å²) >= 11 is 0.445. The molecule has 0 aromatic heterocycles. The topological polar surface area (TPSA) is 46.6 Å². The number of esters is 1. The van der Waals surface area contributed by atoms with Crippen LogP contribution in [-0.2, 0) is 9.53 Å². The molecule has 1 aliphatic heterocycles. The quantitative estimate of drug-likeness (QED) is 0.607. The van der Waals surface area contributed by atoms with Crippen LogP contribution in [0.4, 0.5) is 8.78 Å². The molecule has 1 unspecified atom stereocenters. The summed E-state index contributed by atoms with van der Waals surface area (Å²) in [6, 6.07) is 6.11. The largest absolute Gasteiger partial charge is 0.466 e. The second-order valence-electron chi connectivity index (χ2n) is 5.25. The van der Waals surface area contributed by atoms with Crippen LogP contribution in [0.5, 0.6) is 0 Å². The van der Waals surface area contributed by atoms with Gasteiger partial charge in [-0.25, -0.2) is 0 Å². The fourth-order valence-electron chi connectivity index (χ4n) is 2.58. The average molecular weight is 343 g/mol. The van der Waals surface area contributed by atoms with Gasteiger partial charge in [0.2, 0.25) is 0 Å². The number of thioether (sulfide) groups is 1. The van der Waals surface area contributed by atoms with Gasteiger partial charge in [0.1, 0.15) is 0 Å². The third kappa shape index (κ3) is 4.92. The summed E-state index contributed by atoms with van der Waals surface area (Å²) in [5.41, 5.74) is 0.438. The highest BCUT2D eigenvalue weighted by Crippen LogP contribution is 2.26. The Morgan fingerprint density at radius 1 is 1.35 bits per heavy atom. The van der Waals surface area contributed by atoms with Crippen molar-refractivity contribution in [3.05, 3.63) is 29.8 Å². The molecule has 4 nitrogen and oxygen atoms in total. The molecule has 1 aromatic carbocycles. The molecule has 1 heterocycles. The van der Waals surface area contributed by atoms with Gasteiger partial charge in [-0.15, -0.1) is 0 Å². The number of carbonyl (C=O) groups is 2. The summed E-state index contributed by atoms with van der Waals surface area (Å²) in [4.78, 5) is 26.3. The van der Waals surface area contributed by atoms with Crippen LogP contribution in [0.1, 0.15) is 30.1 Å². The van der Waals surface area contributed by atoms with E-state index in [-0.39, 0.29) is 17.8 Å². The number of hydrogen-bond donors (Lipinski definition) is 0. The molecule has 0 N–H and O–H groups in total. The van der Waals surface area contributed by atoms with Crippen LogP contribution in [0.15, 0.2) is 29.2 Å². The minimum absolute atomic E-state index is 0.187.